The molecule has 0 bridgehead atoms. The van der Waals surface area contributed by atoms with Crippen LogP contribution in [0.5, 0.6) is 0 Å². The van der Waals surface area contributed by atoms with Crippen molar-refractivity contribution in [2.75, 3.05) is 13.2 Å². The summed E-state index contributed by atoms with van der Waals surface area (Å²) in [6.45, 7) is 6.51. The van der Waals surface area contributed by atoms with Crippen molar-refractivity contribution in [2.45, 2.75) is 297 Å². The number of allylic oxidation sites excluding steroid dienone is 18. The zero-order chi connectivity index (χ0) is 54.3. The summed E-state index contributed by atoms with van der Waals surface area (Å²) in [6.07, 6.45) is 85.3. The van der Waals surface area contributed by atoms with Gasteiger partial charge in [-0.05, 0) is 89.9 Å². The molecule has 0 fully saturated rings. The molecule has 0 spiro atoms. The second-order valence-electron chi connectivity index (χ2n) is 20.6. The molecule has 0 aliphatic heterocycles. The molecule has 0 aliphatic rings. The van der Waals surface area contributed by atoms with Gasteiger partial charge in [-0.15, -0.1) is 0 Å². The normalized spacial score (nSPS) is 12.8. The molecule has 6 heteroatoms. The Hall–Kier alpha value is -3.93. The molecule has 0 aromatic carbocycles. The van der Waals surface area contributed by atoms with Crippen LogP contribution in [0.3, 0.4) is 0 Å². The highest BCUT2D eigenvalue weighted by molar-refractivity contribution is 5.71. The molecule has 1 atom stereocenters. The number of carbonyl (C=O) groups is 3. The van der Waals surface area contributed by atoms with Crippen LogP contribution in [0.15, 0.2) is 109 Å². The number of hydrogen-bond acceptors (Lipinski definition) is 6. The number of rotatable bonds is 56. The van der Waals surface area contributed by atoms with Gasteiger partial charge in [-0.1, -0.05) is 291 Å². The van der Waals surface area contributed by atoms with Crippen LogP contribution in [0.1, 0.15) is 290 Å². The number of hydrogen-bond donors (Lipinski definition) is 0. The molecule has 0 aromatic heterocycles. The highest BCUT2D eigenvalue weighted by Crippen LogP contribution is 2.16. The summed E-state index contributed by atoms with van der Waals surface area (Å²) in [5, 5.41) is 0. The fourth-order valence-corrected chi connectivity index (χ4v) is 8.61. The van der Waals surface area contributed by atoms with E-state index in [2.05, 4.69) is 130 Å². The largest absolute Gasteiger partial charge is 0.462 e. The maximum absolute atomic E-state index is 12.8. The molecule has 1 unspecified atom stereocenters. The van der Waals surface area contributed by atoms with E-state index in [1.165, 1.54) is 128 Å². The van der Waals surface area contributed by atoms with E-state index in [-0.39, 0.29) is 31.1 Å². The first-order chi connectivity index (χ1) is 37.0. The van der Waals surface area contributed by atoms with Crippen molar-refractivity contribution in [2.24, 2.45) is 0 Å². The molecule has 0 saturated heterocycles. The van der Waals surface area contributed by atoms with Crippen LogP contribution in [-0.2, 0) is 28.6 Å². The van der Waals surface area contributed by atoms with Gasteiger partial charge in [0.05, 0.1) is 0 Å². The van der Waals surface area contributed by atoms with Crippen molar-refractivity contribution < 1.29 is 28.6 Å². The van der Waals surface area contributed by atoms with Gasteiger partial charge in [-0.2, -0.15) is 0 Å². The third kappa shape index (κ3) is 60.8. The zero-order valence-corrected chi connectivity index (χ0v) is 49.0. The van der Waals surface area contributed by atoms with E-state index in [4.69, 9.17) is 14.2 Å². The lowest BCUT2D eigenvalue weighted by molar-refractivity contribution is -0.167. The van der Waals surface area contributed by atoms with Crippen molar-refractivity contribution in [3.63, 3.8) is 0 Å². The fourth-order valence-electron chi connectivity index (χ4n) is 8.61. The first-order valence-corrected chi connectivity index (χ1v) is 31.4. The van der Waals surface area contributed by atoms with Crippen LogP contribution >= 0.6 is 0 Å². The summed E-state index contributed by atoms with van der Waals surface area (Å²) >= 11 is 0. The molecular weight excluding hydrogens is 925 g/mol. The van der Waals surface area contributed by atoms with Gasteiger partial charge in [0.2, 0.25) is 0 Å². The van der Waals surface area contributed by atoms with E-state index in [1.807, 2.05) is 0 Å². The molecule has 0 saturated carbocycles. The Kier molecular flexibility index (Phi) is 59.3. The van der Waals surface area contributed by atoms with Crippen LogP contribution < -0.4 is 0 Å². The van der Waals surface area contributed by atoms with Crippen molar-refractivity contribution in [3.05, 3.63) is 109 Å². The highest BCUT2D eigenvalue weighted by atomic mass is 16.6. The molecule has 0 aromatic rings. The molecule has 0 N–H and O–H groups in total. The minimum atomic E-state index is -0.778. The van der Waals surface area contributed by atoms with Crippen molar-refractivity contribution >= 4 is 17.9 Å². The van der Waals surface area contributed by atoms with E-state index in [0.29, 0.717) is 19.3 Å². The zero-order valence-electron chi connectivity index (χ0n) is 49.0. The monoisotopic (exact) mass is 1040 g/mol. The van der Waals surface area contributed by atoms with Gasteiger partial charge >= 0.3 is 17.9 Å². The van der Waals surface area contributed by atoms with E-state index in [1.54, 1.807) is 0 Å². The maximum Gasteiger partial charge on any atom is 0.306 e. The fraction of sp³-hybridized carbons (Fsp3) is 0.696. The van der Waals surface area contributed by atoms with Crippen molar-refractivity contribution in [1.82, 2.24) is 0 Å². The average Bonchev–Trinajstić information content (AvgIpc) is 3.41. The van der Waals surface area contributed by atoms with Gasteiger partial charge < -0.3 is 14.2 Å². The maximum atomic E-state index is 12.8. The molecule has 0 radical (unpaired) electrons. The number of ether oxygens (including phenoxy) is 3. The number of carbonyl (C=O) groups excluding carboxylic acids is 3. The predicted molar refractivity (Wildman–Crippen MR) is 325 cm³/mol. The summed E-state index contributed by atoms with van der Waals surface area (Å²) in [6, 6.07) is 0. The van der Waals surface area contributed by atoms with Gasteiger partial charge in [0.1, 0.15) is 13.2 Å². The highest BCUT2D eigenvalue weighted by Gasteiger charge is 2.19. The van der Waals surface area contributed by atoms with Crippen LogP contribution in [0.4, 0.5) is 0 Å². The molecule has 6 nitrogen and oxygen atoms in total. The lowest BCUT2D eigenvalue weighted by atomic mass is 10.0. The van der Waals surface area contributed by atoms with E-state index in [9.17, 15) is 14.4 Å². The Morgan fingerprint density at radius 2 is 0.520 bits per heavy atom. The molecule has 0 rings (SSSR count). The molecule has 75 heavy (non-hydrogen) atoms. The summed E-state index contributed by atoms with van der Waals surface area (Å²) in [5.74, 6) is -0.885. The Labute approximate surface area is 463 Å². The van der Waals surface area contributed by atoms with E-state index >= 15 is 0 Å². The van der Waals surface area contributed by atoms with Crippen LogP contribution in [0.25, 0.3) is 0 Å². The van der Waals surface area contributed by atoms with Crippen molar-refractivity contribution in [1.29, 1.82) is 0 Å². The van der Waals surface area contributed by atoms with Gasteiger partial charge in [0.25, 0.3) is 0 Å². The van der Waals surface area contributed by atoms with E-state index < -0.39 is 6.10 Å². The van der Waals surface area contributed by atoms with Crippen molar-refractivity contribution in [3.8, 4) is 0 Å². The Bertz CT molecular complexity index is 1520. The summed E-state index contributed by atoms with van der Waals surface area (Å²) < 4.78 is 16.8. The third-order valence-corrected chi connectivity index (χ3v) is 13.3. The predicted octanol–water partition coefficient (Wildman–Crippen LogP) is 21.4. The molecule has 0 heterocycles. The Morgan fingerprint density at radius 1 is 0.280 bits per heavy atom. The third-order valence-electron chi connectivity index (χ3n) is 13.3. The Balaban J connectivity index is 4.16. The average molecular weight is 1040 g/mol. The second-order valence-corrected chi connectivity index (χ2v) is 20.6. The minimum Gasteiger partial charge on any atom is -0.462 e. The lowest BCUT2D eigenvalue weighted by Crippen LogP contribution is -2.30. The first kappa shape index (κ1) is 71.1. The number of unbranched alkanes of at least 4 members (excludes halogenated alkanes) is 27. The van der Waals surface area contributed by atoms with Gasteiger partial charge in [-0.25, -0.2) is 0 Å². The molecule has 428 valence electrons. The van der Waals surface area contributed by atoms with Crippen LogP contribution in [0.2, 0.25) is 0 Å². The molecule has 0 aliphatic carbocycles. The summed E-state index contributed by atoms with van der Waals surface area (Å²) in [4.78, 5) is 38.1. The molecular formula is C69H116O6. The Morgan fingerprint density at radius 3 is 0.813 bits per heavy atom. The number of esters is 3. The van der Waals surface area contributed by atoms with Crippen LogP contribution in [-0.4, -0.2) is 37.2 Å². The molecule has 0 amide bonds. The SMILES string of the molecule is CC/C=C\C/C=C\C/C=C\C/C=C\C/C=C\C/C=C\C/C=C\C/C=C\C/C=C\CCCCCCCCCC(=O)OCC(COC(=O)CCCCCCCCCCCC)OC(=O)CCCCCCCCCCCCCC. The topological polar surface area (TPSA) is 78.9 Å². The minimum absolute atomic E-state index is 0.0774. The van der Waals surface area contributed by atoms with Crippen LogP contribution in [0, 0.1) is 0 Å². The lowest BCUT2D eigenvalue weighted by Gasteiger charge is -2.18. The van der Waals surface area contributed by atoms with Gasteiger partial charge in [0, 0.05) is 19.3 Å². The smallest absolute Gasteiger partial charge is 0.306 e. The quantitative estimate of drug-likeness (QED) is 0.0261. The summed E-state index contributed by atoms with van der Waals surface area (Å²) in [5.41, 5.74) is 0. The second kappa shape index (κ2) is 62.6. The van der Waals surface area contributed by atoms with Gasteiger partial charge in [0.15, 0.2) is 6.10 Å². The summed E-state index contributed by atoms with van der Waals surface area (Å²) in [7, 11) is 0. The van der Waals surface area contributed by atoms with E-state index in [0.717, 1.165) is 122 Å². The first-order valence-electron chi connectivity index (χ1n) is 31.4. The standard InChI is InChI=1S/C69H116O6/c1-4-7-10-13-16-19-22-24-25-26-27-28-29-30-31-32-33-34-35-36-37-38-39-40-41-42-43-44-45-46-48-50-53-56-59-62-68(71)74-65-66(64-73-67(70)61-58-55-52-49-21-18-15-12-9-6-3)75-69(72)63-60-57-54-51-47-23-20-17-14-11-8-5-2/h7,10,16,19,24-25,27-28,30-31,33-34,36-37,39-40,42-43,66H,4-6,8-9,11-15,17-18,20-23,26,29,32,35,38,41,44-65H2,1-3H3/b10-7-,19-16-,25-24-,28-27-,31-30-,34-33-,37-36-,40-39-,43-42-. The van der Waals surface area contributed by atoms with Gasteiger partial charge in [-0.3, -0.25) is 14.4 Å².